The number of hydrogen-bond donors (Lipinski definition) is 1. The molecule has 2 aromatic carbocycles. The Hall–Kier alpha value is -2.64. The molecule has 6 nitrogen and oxygen atoms in total. The average molecular weight is 425 g/mol. The summed E-state index contributed by atoms with van der Waals surface area (Å²) >= 11 is 11.8. The number of ether oxygens (including phenoxy) is 1. The molecule has 146 valence electrons. The van der Waals surface area contributed by atoms with Crippen molar-refractivity contribution in [2.24, 2.45) is 0 Å². The lowest BCUT2D eigenvalue weighted by atomic mass is 10.1. The lowest BCUT2D eigenvalue weighted by Crippen LogP contribution is -2.41. The Balaban J connectivity index is 1.70. The summed E-state index contributed by atoms with van der Waals surface area (Å²) in [5.41, 5.74) is 0.697. The summed E-state index contributed by atoms with van der Waals surface area (Å²) in [6.07, 6.45) is 0. The number of methoxy groups -OCH3 is 1. The first-order valence-corrected chi connectivity index (χ1v) is 8.96. The quantitative estimate of drug-likeness (QED) is 0.743. The number of benzene rings is 2. The third-order valence-corrected chi connectivity index (χ3v) is 5.09. The van der Waals surface area contributed by atoms with E-state index in [-0.39, 0.29) is 26.9 Å². The number of amides is 3. The molecule has 1 aliphatic rings. The monoisotopic (exact) mass is 424 g/mol. The van der Waals surface area contributed by atoms with Gasteiger partial charge in [0, 0.05) is 0 Å². The van der Waals surface area contributed by atoms with Gasteiger partial charge in [0.1, 0.15) is 6.54 Å². The van der Waals surface area contributed by atoms with Crippen LogP contribution in [0.3, 0.4) is 0 Å². The second-order valence-electron chi connectivity index (χ2n) is 6.19. The Morgan fingerprint density at radius 3 is 2.21 bits per heavy atom. The number of carbonyl (C=O) groups is 3. The highest BCUT2D eigenvalue weighted by molar-refractivity contribution is 6.43. The number of imide groups is 1. The first kappa shape index (κ1) is 20.1. The molecule has 0 bridgehead atoms. The SMILES string of the molecule is COc1ccc(C(C)NC(=O)CN2C(=O)c3cc(Cl)c(Cl)cc3C2=O)cc1F. The van der Waals surface area contributed by atoms with E-state index in [1.54, 1.807) is 13.0 Å². The molecule has 0 saturated carbocycles. The fraction of sp³-hybridized carbons (Fsp3) is 0.211. The number of rotatable bonds is 5. The van der Waals surface area contributed by atoms with E-state index >= 15 is 0 Å². The van der Waals surface area contributed by atoms with Crippen LogP contribution in [0.1, 0.15) is 39.2 Å². The van der Waals surface area contributed by atoms with Crippen molar-refractivity contribution in [3.63, 3.8) is 0 Å². The van der Waals surface area contributed by atoms with Crippen LogP contribution in [0.5, 0.6) is 5.75 Å². The molecule has 3 rings (SSSR count). The second kappa shape index (κ2) is 7.77. The van der Waals surface area contributed by atoms with Crippen molar-refractivity contribution in [1.29, 1.82) is 0 Å². The smallest absolute Gasteiger partial charge is 0.262 e. The molecule has 3 amide bonds. The maximum atomic E-state index is 13.8. The Kier molecular flexibility index (Phi) is 5.58. The van der Waals surface area contributed by atoms with Crippen LogP contribution in [-0.4, -0.2) is 36.3 Å². The number of carbonyl (C=O) groups excluding carboxylic acids is 3. The first-order chi connectivity index (χ1) is 13.2. The maximum Gasteiger partial charge on any atom is 0.262 e. The molecular formula is C19H15Cl2FN2O4. The minimum Gasteiger partial charge on any atom is -0.494 e. The summed E-state index contributed by atoms with van der Waals surface area (Å²) in [7, 11) is 1.35. The molecule has 1 atom stereocenters. The molecule has 0 aliphatic carbocycles. The molecule has 1 unspecified atom stereocenters. The van der Waals surface area contributed by atoms with Crippen LogP contribution in [0.2, 0.25) is 10.0 Å². The van der Waals surface area contributed by atoms with Crippen molar-refractivity contribution < 1.29 is 23.5 Å². The number of halogens is 3. The van der Waals surface area contributed by atoms with E-state index in [2.05, 4.69) is 5.32 Å². The molecule has 1 aliphatic heterocycles. The summed E-state index contributed by atoms with van der Waals surface area (Å²) in [5.74, 6) is -2.30. The number of nitrogens with one attached hydrogen (secondary N) is 1. The third kappa shape index (κ3) is 3.68. The topological polar surface area (TPSA) is 75.7 Å². The Bertz CT molecular complexity index is 955. The Morgan fingerprint density at radius 1 is 1.14 bits per heavy atom. The molecule has 28 heavy (non-hydrogen) atoms. The highest BCUT2D eigenvalue weighted by Crippen LogP contribution is 2.31. The van der Waals surface area contributed by atoms with Crippen molar-refractivity contribution in [2.45, 2.75) is 13.0 Å². The van der Waals surface area contributed by atoms with Gasteiger partial charge in [0.15, 0.2) is 11.6 Å². The van der Waals surface area contributed by atoms with Gasteiger partial charge in [0.05, 0.1) is 34.3 Å². The van der Waals surface area contributed by atoms with Crippen molar-refractivity contribution in [3.8, 4) is 5.75 Å². The minimum atomic E-state index is -0.628. The Labute approximate surface area is 170 Å². The van der Waals surface area contributed by atoms with E-state index in [0.717, 1.165) is 4.90 Å². The van der Waals surface area contributed by atoms with Gasteiger partial charge in [-0.1, -0.05) is 29.3 Å². The fourth-order valence-electron chi connectivity index (χ4n) is 2.89. The number of fused-ring (bicyclic) bond motifs is 1. The standard InChI is InChI=1S/C19H15Cl2FN2O4/c1-9(10-3-4-16(28-2)15(22)5-10)23-17(25)8-24-18(26)11-6-13(20)14(21)7-12(11)19(24)27/h3-7,9H,8H2,1-2H3,(H,23,25). The molecule has 1 heterocycles. The van der Waals surface area contributed by atoms with Crippen LogP contribution >= 0.6 is 23.2 Å². The molecule has 0 fully saturated rings. The number of nitrogens with zero attached hydrogens (tertiary/aromatic N) is 1. The van der Waals surface area contributed by atoms with E-state index in [1.165, 1.54) is 31.4 Å². The van der Waals surface area contributed by atoms with Gasteiger partial charge < -0.3 is 10.1 Å². The molecule has 0 aromatic heterocycles. The summed E-state index contributed by atoms with van der Waals surface area (Å²) in [4.78, 5) is 38.0. The zero-order chi connectivity index (χ0) is 20.6. The van der Waals surface area contributed by atoms with Crippen LogP contribution in [0.4, 0.5) is 4.39 Å². The number of hydrogen-bond acceptors (Lipinski definition) is 4. The summed E-state index contributed by atoms with van der Waals surface area (Å²) < 4.78 is 18.7. The molecule has 1 N–H and O–H groups in total. The average Bonchev–Trinajstić information content (AvgIpc) is 2.86. The van der Waals surface area contributed by atoms with Crippen molar-refractivity contribution in [2.75, 3.05) is 13.7 Å². The van der Waals surface area contributed by atoms with Gasteiger partial charge in [0.25, 0.3) is 11.8 Å². The highest BCUT2D eigenvalue weighted by atomic mass is 35.5. The van der Waals surface area contributed by atoms with E-state index in [9.17, 15) is 18.8 Å². The summed E-state index contributed by atoms with van der Waals surface area (Å²) in [6.45, 7) is 1.17. The van der Waals surface area contributed by atoms with Crippen LogP contribution in [-0.2, 0) is 4.79 Å². The van der Waals surface area contributed by atoms with E-state index in [1.807, 2.05) is 0 Å². The molecule has 0 spiro atoms. The van der Waals surface area contributed by atoms with Crippen LogP contribution in [0.25, 0.3) is 0 Å². The van der Waals surface area contributed by atoms with Crippen LogP contribution < -0.4 is 10.1 Å². The maximum absolute atomic E-state index is 13.8. The first-order valence-electron chi connectivity index (χ1n) is 8.21. The van der Waals surface area contributed by atoms with E-state index in [0.29, 0.717) is 5.56 Å². The molecule has 0 radical (unpaired) electrons. The Morgan fingerprint density at radius 2 is 1.71 bits per heavy atom. The van der Waals surface area contributed by atoms with Gasteiger partial charge in [-0.05, 0) is 36.8 Å². The molecule has 9 heteroatoms. The molecule has 2 aromatic rings. The predicted molar refractivity (Wildman–Crippen MR) is 101 cm³/mol. The van der Waals surface area contributed by atoms with Gasteiger partial charge in [0.2, 0.25) is 5.91 Å². The van der Waals surface area contributed by atoms with E-state index in [4.69, 9.17) is 27.9 Å². The van der Waals surface area contributed by atoms with Gasteiger partial charge >= 0.3 is 0 Å². The van der Waals surface area contributed by atoms with Crippen molar-refractivity contribution >= 4 is 40.9 Å². The largest absolute Gasteiger partial charge is 0.494 e. The lowest BCUT2D eigenvalue weighted by Gasteiger charge is -2.18. The van der Waals surface area contributed by atoms with Gasteiger partial charge in [-0.15, -0.1) is 0 Å². The highest BCUT2D eigenvalue weighted by Gasteiger charge is 2.37. The van der Waals surface area contributed by atoms with Crippen LogP contribution in [0.15, 0.2) is 30.3 Å². The minimum absolute atomic E-state index is 0.0885. The fourth-order valence-corrected chi connectivity index (χ4v) is 3.22. The zero-order valence-electron chi connectivity index (χ0n) is 14.9. The lowest BCUT2D eigenvalue weighted by molar-refractivity contribution is -0.122. The van der Waals surface area contributed by atoms with Gasteiger partial charge in [-0.25, -0.2) is 4.39 Å². The van der Waals surface area contributed by atoms with Crippen LogP contribution in [0, 0.1) is 5.82 Å². The van der Waals surface area contributed by atoms with Crippen molar-refractivity contribution in [1.82, 2.24) is 10.2 Å². The predicted octanol–water partition coefficient (Wildman–Crippen LogP) is 3.61. The van der Waals surface area contributed by atoms with E-state index < -0.39 is 36.1 Å². The molecule has 0 saturated heterocycles. The van der Waals surface area contributed by atoms with Crippen molar-refractivity contribution in [3.05, 3.63) is 62.9 Å². The third-order valence-electron chi connectivity index (χ3n) is 4.37. The summed E-state index contributed by atoms with van der Waals surface area (Å²) in [5, 5.41) is 2.92. The van der Waals surface area contributed by atoms with Gasteiger partial charge in [-0.3, -0.25) is 19.3 Å². The zero-order valence-corrected chi connectivity index (χ0v) is 16.4. The second-order valence-corrected chi connectivity index (χ2v) is 7.01. The van der Waals surface area contributed by atoms with Gasteiger partial charge in [-0.2, -0.15) is 0 Å². The summed E-state index contributed by atoms with van der Waals surface area (Å²) in [6, 6.07) is 6.37. The normalized spacial score (nSPS) is 14.1. The molecular weight excluding hydrogens is 410 g/mol.